The fraction of sp³-hybridized carbons (Fsp3) is 0.471. The number of nitrogens with zero attached hydrogens (tertiary/aromatic N) is 1. The van der Waals surface area contributed by atoms with E-state index in [1.807, 2.05) is 13.1 Å². The number of benzene rings is 1. The minimum atomic E-state index is 0.786. The van der Waals surface area contributed by atoms with E-state index < -0.39 is 0 Å². The standard InChI is InChI=1S/C17H24N2O/c1-4-5-10-20-15-6-7-17-14(12-15)11-13(2)16(19-17)8-9-18-3/h6-7,11-12,18H,4-5,8-10H2,1-3H3. The highest BCUT2D eigenvalue weighted by Gasteiger charge is 2.04. The second kappa shape index (κ2) is 7.25. The highest BCUT2D eigenvalue weighted by Crippen LogP contribution is 2.22. The monoisotopic (exact) mass is 272 g/mol. The van der Waals surface area contributed by atoms with Gasteiger partial charge >= 0.3 is 0 Å². The summed E-state index contributed by atoms with van der Waals surface area (Å²) in [5.74, 6) is 0.940. The van der Waals surface area contributed by atoms with Crippen LogP contribution >= 0.6 is 0 Å². The number of aryl methyl sites for hydroxylation is 1. The molecule has 1 aromatic carbocycles. The number of rotatable bonds is 7. The maximum absolute atomic E-state index is 5.75. The molecule has 3 nitrogen and oxygen atoms in total. The molecule has 2 aromatic rings. The SMILES string of the molecule is CCCCOc1ccc2nc(CCNC)c(C)cc2c1. The van der Waals surface area contributed by atoms with E-state index in [2.05, 4.69) is 37.4 Å². The quantitative estimate of drug-likeness (QED) is 0.784. The third-order valence-electron chi connectivity index (χ3n) is 3.46. The van der Waals surface area contributed by atoms with Crippen molar-refractivity contribution in [3.8, 4) is 5.75 Å². The lowest BCUT2D eigenvalue weighted by molar-refractivity contribution is 0.310. The van der Waals surface area contributed by atoms with E-state index in [0.717, 1.165) is 49.1 Å². The first-order valence-corrected chi connectivity index (χ1v) is 7.42. The van der Waals surface area contributed by atoms with Crippen LogP contribution in [0.15, 0.2) is 24.3 Å². The van der Waals surface area contributed by atoms with Gasteiger partial charge in [-0.1, -0.05) is 13.3 Å². The predicted octanol–water partition coefficient (Wildman–Crippen LogP) is 3.48. The van der Waals surface area contributed by atoms with Crippen molar-refractivity contribution in [2.45, 2.75) is 33.1 Å². The van der Waals surface area contributed by atoms with Crippen molar-refractivity contribution in [1.29, 1.82) is 0 Å². The summed E-state index contributed by atoms with van der Waals surface area (Å²) in [6.07, 6.45) is 3.22. The first-order chi connectivity index (χ1) is 9.74. The molecule has 20 heavy (non-hydrogen) atoms. The van der Waals surface area contributed by atoms with E-state index >= 15 is 0 Å². The van der Waals surface area contributed by atoms with Gasteiger partial charge in [-0.25, -0.2) is 0 Å². The third kappa shape index (κ3) is 3.70. The molecule has 0 fully saturated rings. The summed E-state index contributed by atoms with van der Waals surface area (Å²) in [6.45, 7) is 6.04. The normalized spacial score (nSPS) is 10.9. The van der Waals surface area contributed by atoms with E-state index in [0.29, 0.717) is 0 Å². The summed E-state index contributed by atoms with van der Waals surface area (Å²) < 4.78 is 5.75. The molecule has 1 heterocycles. The zero-order valence-corrected chi connectivity index (χ0v) is 12.7. The average molecular weight is 272 g/mol. The zero-order valence-electron chi connectivity index (χ0n) is 12.7. The number of hydrogen-bond donors (Lipinski definition) is 1. The summed E-state index contributed by atoms with van der Waals surface area (Å²) in [4.78, 5) is 4.75. The van der Waals surface area contributed by atoms with Crippen LogP contribution < -0.4 is 10.1 Å². The Balaban J connectivity index is 2.20. The fourth-order valence-electron chi connectivity index (χ4n) is 2.22. The molecular formula is C17H24N2O. The Morgan fingerprint density at radius 3 is 2.85 bits per heavy atom. The van der Waals surface area contributed by atoms with Crippen molar-refractivity contribution in [2.75, 3.05) is 20.2 Å². The van der Waals surface area contributed by atoms with Gasteiger partial charge in [0.05, 0.1) is 12.1 Å². The first-order valence-electron chi connectivity index (χ1n) is 7.42. The largest absolute Gasteiger partial charge is 0.494 e. The number of fused-ring (bicyclic) bond motifs is 1. The molecule has 108 valence electrons. The van der Waals surface area contributed by atoms with Gasteiger partial charge in [0.1, 0.15) is 5.75 Å². The molecule has 0 saturated carbocycles. The summed E-state index contributed by atoms with van der Waals surface area (Å²) in [6, 6.07) is 8.37. The van der Waals surface area contributed by atoms with E-state index in [1.165, 1.54) is 11.3 Å². The molecule has 0 aliphatic heterocycles. The van der Waals surface area contributed by atoms with E-state index in [9.17, 15) is 0 Å². The molecule has 0 amide bonds. The van der Waals surface area contributed by atoms with Gasteiger partial charge in [-0.15, -0.1) is 0 Å². The highest BCUT2D eigenvalue weighted by atomic mass is 16.5. The minimum Gasteiger partial charge on any atom is -0.494 e. The molecule has 1 N–H and O–H groups in total. The van der Waals surface area contributed by atoms with Crippen LogP contribution in [-0.4, -0.2) is 25.2 Å². The van der Waals surface area contributed by atoms with Gasteiger partial charge in [-0.05, 0) is 50.2 Å². The molecule has 1 aromatic heterocycles. The van der Waals surface area contributed by atoms with Crippen molar-refractivity contribution >= 4 is 10.9 Å². The number of likely N-dealkylation sites (N-methyl/N-ethyl adjacent to an activating group) is 1. The van der Waals surface area contributed by atoms with Crippen molar-refractivity contribution in [2.24, 2.45) is 0 Å². The number of hydrogen-bond acceptors (Lipinski definition) is 3. The molecule has 0 aliphatic carbocycles. The van der Waals surface area contributed by atoms with Gasteiger partial charge in [0.15, 0.2) is 0 Å². The Hall–Kier alpha value is -1.61. The van der Waals surface area contributed by atoms with Crippen LogP contribution in [0.2, 0.25) is 0 Å². The van der Waals surface area contributed by atoms with Crippen molar-refractivity contribution in [1.82, 2.24) is 10.3 Å². The average Bonchev–Trinajstić information content (AvgIpc) is 2.45. The van der Waals surface area contributed by atoms with Crippen LogP contribution in [0, 0.1) is 6.92 Å². The van der Waals surface area contributed by atoms with Crippen LogP contribution in [-0.2, 0) is 6.42 Å². The Bertz CT molecular complexity index is 566. The number of unbranched alkanes of at least 4 members (excludes halogenated alkanes) is 1. The third-order valence-corrected chi connectivity index (χ3v) is 3.46. The van der Waals surface area contributed by atoms with Gasteiger partial charge in [0.2, 0.25) is 0 Å². The fourth-order valence-corrected chi connectivity index (χ4v) is 2.22. The lowest BCUT2D eigenvalue weighted by Gasteiger charge is -2.09. The van der Waals surface area contributed by atoms with Gasteiger partial charge in [-0.2, -0.15) is 0 Å². The van der Waals surface area contributed by atoms with Gasteiger partial charge in [0.25, 0.3) is 0 Å². The minimum absolute atomic E-state index is 0.786. The molecule has 0 spiro atoms. The Labute approximate surface area is 121 Å². The summed E-state index contributed by atoms with van der Waals surface area (Å²) >= 11 is 0. The van der Waals surface area contributed by atoms with Gasteiger partial charge in [-0.3, -0.25) is 4.98 Å². The highest BCUT2D eigenvalue weighted by molar-refractivity contribution is 5.81. The lowest BCUT2D eigenvalue weighted by Crippen LogP contribution is -2.12. The molecular weight excluding hydrogens is 248 g/mol. The number of ether oxygens (including phenoxy) is 1. The van der Waals surface area contributed by atoms with E-state index in [1.54, 1.807) is 0 Å². The molecule has 0 radical (unpaired) electrons. The van der Waals surface area contributed by atoms with E-state index in [4.69, 9.17) is 9.72 Å². The molecule has 0 aliphatic rings. The maximum Gasteiger partial charge on any atom is 0.120 e. The first kappa shape index (κ1) is 14.8. The second-order valence-corrected chi connectivity index (χ2v) is 5.16. The number of pyridine rings is 1. The topological polar surface area (TPSA) is 34.1 Å². The summed E-state index contributed by atoms with van der Waals surface area (Å²) in [5.41, 5.74) is 3.47. The maximum atomic E-state index is 5.75. The second-order valence-electron chi connectivity index (χ2n) is 5.16. The lowest BCUT2D eigenvalue weighted by atomic mass is 10.1. The summed E-state index contributed by atoms with van der Waals surface area (Å²) in [7, 11) is 1.97. The molecule has 3 heteroatoms. The Kier molecular flexibility index (Phi) is 5.36. The van der Waals surface area contributed by atoms with Gasteiger partial charge in [0, 0.05) is 24.0 Å². The van der Waals surface area contributed by atoms with Crippen molar-refractivity contribution < 1.29 is 4.74 Å². The van der Waals surface area contributed by atoms with Crippen molar-refractivity contribution in [3.63, 3.8) is 0 Å². The zero-order chi connectivity index (χ0) is 14.4. The summed E-state index contributed by atoms with van der Waals surface area (Å²) in [5, 5.41) is 4.33. The molecule has 0 atom stereocenters. The Morgan fingerprint density at radius 1 is 1.25 bits per heavy atom. The smallest absolute Gasteiger partial charge is 0.120 e. The molecule has 0 unspecified atom stereocenters. The molecule has 2 rings (SSSR count). The molecule has 0 saturated heterocycles. The van der Waals surface area contributed by atoms with Gasteiger partial charge < -0.3 is 10.1 Å². The van der Waals surface area contributed by atoms with E-state index in [-0.39, 0.29) is 0 Å². The van der Waals surface area contributed by atoms with Crippen molar-refractivity contribution in [3.05, 3.63) is 35.5 Å². The van der Waals surface area contributed by atoms with Crippen LogP contribution in [0.4, 0.5) is 0 Å². The Morgan fingerprint density at radius 2 is 2.10 bits per heavy atom. The predicted molar refractivity (Wildman–Crippen MR) is 84.5 cm³/mol. The van der Waals surface area contributed by atoms with Crippen LogP contribution in [0.3, 0.4) is 0 Å². The van der Waals surface area contributed by atoms with Crippen LogP contribution in [0.5, 0.6) is 5.75 Å². The van der Waals surface area contributed by atoms with Crippen LogP contribution in [0.25, 0.3) is 10.9 Å². The van der Waals surface area contributed by atoms with Crippen LogP contribution in [0.1, 0.15) is 31.0 Å². The molecule has 0 bridgehead atoms. The number of aromatic nitrogens is 1. The number of nitrogens with one attached hydrogen (secondary N) is 1.